The summed E-state index contributed by atoms with van der Waals surface area (Å²) < 4.78 is 11.5. The van der Waals surface area contributed by atoms with Crippen LogP contribution < -0.4 is 20.1 Å². The summed E-state index contributed by atoms with van der Waals surface area (Å²) in [5, 5.41) is 5.92. The molecule has 2 unspecified atom stereocenters. The molecule has 2 atom stereocenters. The molecule has 1 aromatic carbocycles. The fourth-order valence-corrected chi connectivity index (χ4v) is 4.70. The Morgan fingerprint density at radius 1 is 1.09 bits per heavy atom. The Labute approximate surface area is 193 Å². The molecule has 5 rings (SSSR count). The lowest BCUT2D eigenvalue weighted by Crippen LogP contribution is -2.44. The molecule has 0 spiro atoms. The van der Waals surface area contributed by atoms with Crippen molar-refractivity contribution in [3.8, 4) is 11.5 Å². The van der Waals surface area contributed by atoms with Crippen molar-refractivity contribution in [2.45, 2.75) is 18.9 Å². The van der Waals surface area contributed by atoms with Gasteiger partial charge in [-0.15, -0.1) is 0 Å². The van der Waals surface area contributed by atoms with Crippen molar-refractivity contribution in [2.24, 2.45) is 5.92 Å². The first-order chi connectivity index (χ1) is 16.1. The van der Waals surface area contributed by atoms with Gasteiger partial charge in [-0.1, -0.05) is 23.5 Å². The van der Waals surface area contributed by atoms with E-state index < -0.39 is 5.92 Å². The quantitative estimate of drug-likeness (QED) is 0.595. The number of para-hydroxylation sites is 2. The Kier molecular flexibility index (Phi) is 5.74. The average molecular weight is 465 g/mol. The summed E-state index contributed by atoms with van der Waals surface area (Å²) in [5.74, 6) is 0.0932. The molecule has 1 aliphatic carbocycles. The molecule has 0 saturated carbocycles. The number of hydrogen-bond donors (Lipinski definition) is 2. The van der Waals surface area contributed by atoms with E-state index in [1.807, 2.05) is 24.3 Å². The largest absolute Gasteiger partial charge is 0.486 e. The van der Waals surface area contributed by atoms with Crippen LogP contribution in [0.3, 0.4) is 0 Å². The SMILES string of the molecule is O=C(Nc1nc2c(s1)C(=O)CC(C(=O)NCC1COc3ccccc3O1)C2)c1ccncc1. The number of carbonyl (C=O) groups excluding carboxylic acids is 3. The second kappa shape index (κ2) is 8.99. The molecule has 168 valence electrons. The second-order valence-electron chi connectivity index (χ2n) is 7.76. The fourth-order valence-electron chi connectivity index (χ4n) is 3.76. The van der Waals surface area contributed by atoms with Crippen molar-refractivity contribution in [1.29, 1.82) is 0 Å². The van der Waals surface area contributed by atoms with E-state index in [9.17, 15) is 14.4 Å². The molecule has 2 amide bonds. The van der Waals surface area contributed by atoms with Gasteiger partial charge in [0.15, 0.2) is 22.4 Å². The number of pyridine rings is 1. The first-order valence-electron chi connectivity index (χ1n) is 10.5. The number of Topliss-reactive ketones (excluding diaryl/α,β-unsaturated/α-hetero) is 1. The zero-order valence-electron chi connectivity index (χ0n) is 17.4. The van der Waals surface area contributed by atoms with E-state index in [0.717, 1.165) is 11.3 Å². The van der Waals surface area contributed by atoms with Crippen LogP contribution in [0.1, 0.15) is 32.1 Å². The van der Waals surface area contributed by atoms with E-state index in [4.69, 9.17) is 9.47 Å². The summed E-state index contributed by atoms with van der Waals surface area (Å²) in [6, 6.07) is 10.6. The van der Waals surface area contributed by atoms with Gasteiger partial charge in [-0.05, 0) is 24.3 Å². The van der Waals surface area contributed by atoms with Crippen LogP contribution >= 0.6 is 11.3 Å². The lowest BCUT2D eigenvalue weighted by atomic mass is 9.89. The number of rotatable bonds is 5. The molecule has 3 aromatic rings. The Balaban J connectivity index is 1.19. The van der Waals surface area contributed by atoms with Gasteiger partial charge in [-0.25, -0.2) is 4.98 Å². The molecule has 0 saturated heterocycles. The number of carbonyl (C=O) groups is 3. The van der Waals surface area contributed by atoms with E-state index in [-0.39, 0.29) is 36.7 Å². The number of ether oxygens (including phenoxy) is 2. The molecule has 33 heavy (non-hydrogen) atoms. The van der Waals surface area contributed by atoms with Crippen LogP contribution in [0.2, 0.25) is 0 Å². The molecule has 0 fully saturated rings. The molecule has 10 heteroatoms. The second-order valence-corrected chi connectivity index (χ2v) is 8.76. The van der Waals surface area contributed by atoms with Gasteiger partial charge in [0.1, 0.15) is 12.7 Å². The number of thiazole rings is 1. The van der Waals surface area contributed by atoms with Crippen LogP contribution in [0.15, 0.2) is 48.8 Å². The van der Waals surface area contributed by atoms with Crippen molar-refractivity contribution in [3.05, 3.63) is 64.9 Å². The van der Waals surface area contributed by atoms with Crippen LogP contribution in [-0.4, -0.2) is 46.8 Å². The van der Waals surface area contributed by atoms with Gasteiger partial charge in [0, 0.05) is 30.8 Å². The minimum Gasteiger partial charge on any atom is -0.486 e. The van der Waals surface area contributed by atoms with Crippen molar-refractivity contribution in [2.75, 3.05) is 18.5 Å². The van der Waals surface area contributed by atoms with E-state index in [0.29, 0.717) is 45.8 Å². The topological polar surface area (TPSA) is 120 Å². The molecule has 0 bridgehead atoms. The zero-order chi connectivity index (χ0) is 22.8. The minimum absolute atomic E-state index is 0.101. The summed E-state index contributed by atoms with van der Waals surface area (Å²) in [4.78, 5) is 46.5. The van der Waals surface area contributed by atoms with E-state index in [1.54, 1.807) is 12.1 Å². The smallest absolute Gasteiger partial charge is 0.257 e. The van der Waals surface area contributed by atoms with Gasteiger partial charge in [0.25, 0.3) is 5.91 Å². The van der Waals surface area contributed by atoms with Gasteiger partial charge < -0.3 is 14.8 Å². The highest BCUT2D eigenvalue weighted by atomic mass is 32.1. The number of hydrogen-bond acceptors (Lipinski definition) is 8. The number of benzene rings is 1. The Bertz CT molecular complexity index is 1210. The van der Waals surface area contributed by atoms with Crippen molar-refractivity contribution < 1.29 is 23.9 Å². The normalized spacial score (nSPS) is 18.8. The van der Waals surface area contributed by atoms with Crippen LogP contribution in [0.5, 0.6) is 11.5 Å². The maximum absolute atomic E-state index is 12.8. The summed E-state index contributed by atoms with van der Waals surface area (Å²) in [6.07, 6.45) is 3.17. The first kappa shape index (κ1) is 21.1. The molecule has 0 radical (unpaired) electrons. The molecule has 3 heterocycles. The number of ketones is 1. The summed E-state index contributed by atoms with van der Waals surface area (Å²) in [7, 11) is 0. The van der Waals surface area contributed by atoms with Gasteiger partial charge in [-0.2, -0.15) is 0 Å². The van der Waals surface area contributed by atoms with E-state index in [2.05, 4.69) is 20.6 Å². The summed E-state index contributed by atoms with van der Waals surface area (Å²) in [6.45, 7) is 0.604. The van der Waals surface area contributed by atoms with Crippen molar-refractivity contribution in [3.63, 3.8) is 0 Å². The third-order valence-corrected chi connectivity index (χ3v) is 6.48. The van der Waals surface area contributed by atoms with Crippen LogP contribution in [0, 0.1) is 5.92 Å². The van der Waals surface area contributed by atoms with Gasteiger partial charge in [0.2, 0.25) is 5.91 Å². The fraction of sp³-hybridized carbons (Fsp3) is 0.261. The minimum atomic E-state index is -0.521. The monoisotopic (exact) mass is 464 g/mol. The number of anilines is 1. The first-order valence-corrected chi connectivity index (χ1v) is 11.3. The van der Waals surface area contributed by atoms with Crippen molar-refractivity contribution in [1.82, 2.24) is 15.3 Å². The number of amides is 2. The van der Waals surface area contributed by atoms with Gasteiger partial charge in [0.05, 0.1) is 23.0 Å². The summed E-state index contributed by atoms with van der Waals surface area (Å²) >= 11 is 1.13. The van der Waals surface area contributed by atoms with E-state index in [1.165, 1.54) is 12.4 Å². The molecular weight excluding hydrogens is 444 g/mol. The number of nitrogens with one attached hydrogen (secondary N) is 2. The number of nitrogens with zero attached hydrogens (tertiary/aromatic N) is 2. The Morgan fingerprint density at radius 2 is 1.88 bits per heavy atom. The predicted octanol–water partition coefficient (Wildman–Crippen LogP) is 2.49. The Hall–Kier alpha value is -3.79. The zero-order valence-corrected chi connectivity index (χ0v) is 18.3. The number of fused-ring (bicyclic) bond motifs is 2. The van der Waals surface area contributed by atoms with Gasteiger partial charge in [-0.3, -0.25) is 24.7 Å². The summed E-state index contributed by atoms with van der Waals surface area (Å²) in [5.41, 5.74) is 0.978. The van der Waals surface area contributed by atoms with Gasteiger partial charge >= 0.3 is 0 Å². The average Bonchev–Trinajstić information content (AvgIpc) is 3.26. The van der Waals surface area contributed by atoms with Crippen LogP contribution in [-0.2, 0) is 11.2 Å². The van der Waals surface area contributed by atoms with Crippen LogP contribution in [0.4, 0.5) is 5.13 Å². The molecule has 2 N–H and O–H groups in total. The highest BCUT2D eigenvalue weighted by molar-refractivity contribution is 7.17. The lowest BCUT2D eigenvalue weighted by molar-refractivity contribution is -0.125. The standard InChI is InChI=1S/C23H20N4O5S/c28-17-10-14(21(29)25-11-15-12-31-18-3-1-2-4-19(18)32-15)9-16-20(17)33-23(26-16)27-22(30)13-5-7-24-8-6-13/h1-8,14-15H,9-12H2,(H,25,29)(H,26,27,30). The Morgan fingerprint density at radius 3 is 2.70 bits per heavy atom. The highest BCUT2D eigenvalue weighted by Gasteiger charge is 2.33. The third-order valence-electron chi connectivity index (χ3n) is 5.43. The van der Waals surface area contributed by atoms with Crippen molar-refractivity contribution >= 4 is 34.1 Å². The highest BCUT2D eigenvalue weighted by Crippen LogP contribution is 2.33. The maximum atomic E-state index is 12.8. The maximum Gasteiger partial charge on any atom is 0.257 e. The lowest BCUT2D eigenvalue weighted by Gasteiger charge is -2.27. The number of aromatic nitrogens is 2. The predicted molar refractivity (Wildman–Crippen MR) is 120 cm³/mol. The van der Waals surface area contributed by atoms with Crippen LogP contribution in [0.25, 0.3) is 0 Å². The molecule has 1 aliphatic heterocycles. The molecule has 2 aliphatic rings. The molecule has 9 nitrogen and oxygen atoms in total. The third kappa shape index (κ3) is 4.56. The molecular formula is C23H20N4O5S. The molecule has 2 aromatic heterocycles. The van der Waals surface area contributed by atoms with E-state index >= 15 is 0 Å².